The predicted molar refractivity (Wildman–Crippen MR) is 103 cm³/mol. The Kier molecular flexibility index (Phi) is 4.23. The van der Waals surface area contributed by atoms with Crippen molar-refractivity contribution < 1.29 is 9.21 Å². The van der Waals surface area contributed by atoms with E-state index in [1.165, 1.54) is 6.42 Å². The zero-order valence-corrected chi connectivity index (χ0v) is 15.9. The number of carbonyl (C=O) groups is 1. The van der Waals surface area contributed by atoms with Crippen molar-refractivity contribution in [3.63, 3.8) is 0 Å². The largest absolute Gasteiger partial charge is 0.464 e. The Balaban J connectivity index is 1.55. The quantitative estimate of drug-likeness (QED) is 0.637. The second-order valence-electron chi connectivity index (χ2n) is 7.24. The Morgan fingerprint density at radius 2 is 2.08 bits per heavy atom. The number of hydrogen-bond donors (Lipinski definition) is 0. The molecule has 0 radical (unpaired) electrons. The fourth-order valence-corrected chi connectivity index (χ4v) is 3.55. The molecule has 0 spiro atoms. The van der Waals surface area contributed by atoms with Gasteiger partial charge in [0, 0.05) is 23.4 Å². The Morgan fingerprint density at radius 3 is 2.81 bits per heavy atom. The van der Waals surface area contributed by atoms with E-state index < -0.39 is 0 Å². The second kappa shape index (κ2) is 6.44. The third-order valence-corrected chi connectivity index (χ3v) is 5.33. The lowest BCUT2D eigenvalue weighted by Crippen LogP contribution is -2.27. The Hall–Kier alpha value is -2.33. The monoisotopic (exact) mass is 368 g/mol. The van der Waals surface area contributed by atoms with Crippen LogP contribution < -0.4 is 0 Å². The van der Waals surface area contributed by atoms with E-state index >= 15 is 0 Å². The molecule has 26 heavy (non-hydrogen) atoms. The van der Waals surface area contributed by atoms with Crippen molar-refractivity contribution in [2.45, 2.75) is 32.7 Å². The smallest absolute Gasteiger partial charge is 0.255 e. The maximum atomic E-state index is 12.9. The van der Waals surface area contributed by atoms with Gasteiger partial charge in [-0.3, -0.25) is 9.78 Å². The average molecular weight is 369 g/mol. The van der Waals surface area contributed by atoms with Crippen LogP contribution in [0.5, 0.6) is 0 Å². The van der Waals surface area contributed by atoms with Crippen LogP contribution in [-0.2, 0) is 6.54 Å². The summed E-state index contributed by atoms with van der Waals surface area (Å²) < 4.78 is 5.92. The van der Waals surface area contributed by atoms with Crippen LogP contribution in [0.4, 0.5) is 0 Å². The molecule has 0 saturated heterocycles. The number of aryl methyl sites for hydroxylation is 1. The molecule has 3 aromatic rings. The Morgan fingerprint density at radius 1 is 1.31 bits per heavy atom. The van der Waals surface area contributed by atoms with E-state index in [4.69, 9.17) is 16.0 Å². The van der Waals surface area contributed by atoms with Crippen molar-refractivity contribution in [2.75, 3.05) is 7.05 Å². The van der Waals surface area contributed by atoms with E-state index in [0.29, 0.717) is 34.7 Å². The number of nitrogens with zero attached hydrogens (tertiary/aromatic N) is 2. The van der Waals surface area contributed by atoms with Gasteiger partial charge in [0.15, 0.2) is 0 Å². The van der Waals surface area contributed by atoms with Crippen LogP contribution in [0.15, 0.2) is 40.8 Å². The first-order chi connectivity index (χ1) is 12.4. The summed E-state index contributed by atoms with van der Waals surface area (Å²) in [4.78, 5) is 19.1. The summed E-state index contributed by atoms with van der Waals surface area (Å²) in [5.41, 5.74) is 2.13. The lowest BCUT2D eigenvalue weighted by molar-refractivity contribution is 0.0774. The summed E-state index contributed by atoms with van der Waals surface area (Å²) in [5.74, 6) is 3.01. The lowest BCUT2D eigenvalue weighted by atomic mass is 10.1. The topological polar surface area (TPSA) is 46.3 Å². The maximum absolute atomic E-state index is 12.9. The number of amides is 1. The fraction of sp³-hybridized carbons (Fsp3) is 0.333. The van der Waals surface area contributed by atoms with Crippen molar-refractivity contribution in [3.8, 4) is 0 Å². The van der Waals surface area contributed by atoms with E-state index in [-0.39, 0.29) is 5.91 Å². The van der Waals surface area contributed by atoms with E-state index in [9.17, 15) is 4.79 Å². The SMILES string of the molecule is Cc1nc2ccc(Cl)cc2cc1C(=O)N(C)Cc1ccc([C@H]2C[C@H]2C)o1. The molecular formula is C21H21ClN2O2. The summed E-state index contributed by atoms with van der Waals surface area (Å²) in [7, 11) is 1.78. The summed E-state index contributed by atoms with van der Waals surface area (Å²) in [6, 6.07) is 11.4. The molecule has 0 aliphatic heterocycles. The molecule has 1 fully saturated rings. The molecule has 4 rings (SSSR count). The van der Waals surface area contributed by atoms with E-state index in [2.05, 4.69) is 11.9 Å². The van der Waals surface area contributed by atoms with E-state index in [1.54, 1.807) is 18.0 Å². The molecule has 2 aromatic heterocycles. The van der Waals surface area contributed by atoms with Crippen LogP contribution in [-0.4, -0.2) is 22.8 Å². The molecule has 0 bridgehead atoms. The normalized spacial score (nSPS) is 18.9. The summed E-state index contributed by atoms with van der Waals surface area (Å²) >= 11 is 6.07. The molecule has 2 heterocycles. The van der Waals surface area contributed by atoms with Crippen LogP contribution in [0, 0.1) is 12.8 Å². The summed E-state index contributed by atoms with van der Waals surface area (Å²) in [5, 5.41) is 1.50. The van der Waals surface area contributed by atoms with Crippen molar-refractivity contribution in [1.29, 1.82) is 0 Å². The fourth-order valence-electron chi connectivity index (χ4n) is 3.37. The molecule has 1 saturated carbocycles. The second-order valence-corrected chi connectivity index (χ2v) is 7.68. The van der Waals surface area contributed by atoms with Gasteiger partial charge in [-0.05, 0) is 55.7 Å². The van der Waals surface area contributed by atoms with Crippen molar-refractivity contribution >= 4 is 28.4 Å². The van der Waals surface area contributed by atoms with E-state index in [0.717, 1.165) is 22.4 Å². The summed E-state index contributed by atoms with van der Waals surface area (Å²) in [6.07, 6.45) is 1.19. The number of rotatable bonds is 4. The number of carbonyl (C=O) groups excluding carboxylic acids is 1. The third-order valence-electron chi connectivity index (χ3n) is 5.09. The first kappa shape index (κ1) is 17.1. The van der Waals surface area contributed by atoms with E-state index in [1.807, 2.05) is 37.3 Å². The minimum Gasteiger partial charge on any atom is -0.464 e. The molecule has 5 heteroatoms. The van der Waals surface area contributed by atoms with Gasteiger partial charge < -0.3 is 9.32 Å². The average Bonchev–Trinajstić information content (AvgIpc) is 3.15. The lowest BCUT2D eigenvalue weighted by Gasteiger charge is -2.17. The van der Waals surface area contributed by atoms with Gasteiger partial charge in [-0.1, -0.05) is 18.5 Å². The number of benzene rings is 1. The standard InChI is InChI=1S/C21H21ClN2O2/c1-12-8-17(12)20-7-5-16(26-20)11-24(3)21(25)18-10-14-9-15(22)4-6-19(14)23-13(18)2/h4-7,9-10,12,17H,8,11H2,1-3H3/t12-,17+/m1/s1. The first-order valence-corrected chi connectivity index (χ1v) is 9.21. The molecule has 4 nitrogen and oxygen atoms in total. The molecule has 0 unspecified atom stereocenters. The maximum Gasteiger partial charge on any atom is 0.255 e. The first-order valence-electron chi connectivity index (χ1n) is 8.83. The molecule has 134 valence electrons. The number of hydrogen-bond acceptors (Lipinski definition) is 3. The molecule has 1 aliphatic carbocycles. The van der Waals surface area contributed by atoms with Crippen LogP contribution in [0.25, 0.3) is 10.9 Å². The van der Waals surface area contributed by atoms with Crippen LogP contribution in [0.3, 0.4) is 0 Å². The number of halogens is 1. The molecule has 1 amide bonds. The highest BCUT2D eigenvalue weighted by Gasteiger charge is 2.36. The van der Waals surface area contributed by atoms with Gasteiger partial charge in [0.05, 0.1) is 23.3 Å². The predicted octanol–water partition coefficient (Wildman–Crippen LogP) is 5.19. The zero-order chi connectivity index (χ0) is 18.4. The van der Waals surface area contributed by atoms with Gasteiger partial charge in [-0.15, -0.1) is 0 Å². The zero-order valence-electron chi connectivity index (χ0n) is 15.1. The van der Waals surface area contributed by atoms with Crippen LogP contribution in [0.2, 0.25) is 5.02 Å². The Bertz CT molecular complexity index is 995. The molecule has 1 aromatic carbocycles. The van der Waals surface area contributed by atoms with Crippen molar-refractivity contribution in [2.24, 2.45) is 5.92 Å². The molecular weight excluding hydrogens is 348 g/mol. The van der Waals surface area contributed by atoms with Gasteiger partial charge in [0.1, 0.15) is 11.5 Å². The van der Waals surface area contributed by atoms with Crippen LogP contribution >= 0.6 is 11.6 Å². The minimum absolute atomic E-state index is 0.0744. The number of aromatic nitrogens is 1. The van der Waals surface area contributed by atoms with Crippen molar-refractivity contribution in [1.82, 2.24) is 9.88 Å². The third kappa shape index (κ3) is 3.21. The molecule has 0 N–H and O–H groups in total. The van der Waals surface area contributed by atoms with Gasteiger partial charge in [-0.2, -0.15) is 0 Å². The van der Waals surface area contributed by atoms with Gasteiger partial charge in [-0.25, -0.2) is 0 Å². The Labute approximate surface area is 157 Å². The highest BCUT2D eigenvalue weighted by molar-refractivity contribution is 6.31. The number of pyridine rings is 1. The molecule has 2 atom stereocenters. The van der Waals surface area contributed by atoms with Gasteiger partial charge in [0.25, 0.3) is 5.91 Å². The minimum atomic E-state index is -0.0744. The van der Waals surface area contributed by atoms with Crippen molar-refractivity contribution in [3.05, 3.63) is 64.2 Å². The van der Waals surface area contributed by atoms with Gasteiger partial charge >= 0.3 is 0 Å². The number of furan rings is 1. The highest BCUT2D eigenvalue weighted by Crippen LogP contribution is 2.47. The highest BCUT2D eigenvalue weighted by atomic mass is 35.5. The number of fused-ring (bicyclic) bond motifs is 1. The van der Waals surface area contributed by atoms with Gasteiger partial charge in [0.2, 0.25) is 0 Å². The van der Waals surface area contributed by atoms with Crippen LogP contribution in [0.1, 0.15) is 46.8 Å². The summed E-state index contributed by atoms with van der Waals surface area (Å²) in [6.45, 7) is 4.52. The molecule has 1 aliphatic rings.